The van der Waals surface area contributed by atoms with Crippen molar-refractivity contribution in [3.05, 3.63) is 59.1 Å². The highest BCUT2D eigenvalue weighted by molar-refractivity contribution is 6.30. The fraction of sp³-hybridized carbons (Fsp3) is 0.448. The molecule has 41 heavy (non-hydrogen) atoms. The number of aliphatic hydroxyl groups is 1. The van der Waals surface area contributed by atoms with Crippen LogP contribution in [0.3, 0.4) is 0 Å². The largest absolute Gasteiger partial charge is 0.395 e. The van der Waals surface area contributed by atoms with Gasteiger partial charge in [-0.15, -0.1) is 0 Å². The average Bonchev–Trinajstić information content (AvgIpc) is 3.56. The van der Waals surface area contributed by atoms with Gasteiger partial charge in [0, 0.05) is 54.3 Å². The van der Waals surface area contributed by atoms with Crippen molar-refractivity contribution in [1.29, 1.82) is 0 Å². The van der Waals surface area contributed by atoms with Gasteiger partial charge in [-0.25, -0.2) is 4.79 Å². The van der Waals surface area contributed by atoms with Crippen LogP contribution >= 0.6 is 11.6 Å². The van der Waals surface area contributed by atoms with E-state index >= 15 is 0 Å². The van der Waals surface area contributed by atoms with Gasteiger partial charge in [-0.05, 0) is 49.7 Å². The van der Waals surface area contributed by atoms with Crippen molar-refractivity contribution in [2.75, 3.05) is 43.5 Å². The van der Waals surface area contributed by atoms with Crippen LogP contribution in [0.5, 0.6) is 0 Å². The van der Waals surface area contributed by atoms with E-state index in [1.165, 1.54) is 4.90 Å². The number of halogens is 1. The maximum atomic E-state index is 13.2. The molecule has 2 aromatic rings. The van der Waals surface area contributed by atoms with Crippen molar-refractivity contribution in [1.82, 2.24) is 15.5 Å². The van der Waals surface area contributed by atoms with Crippen molar-refractivity contribution in [3.8, 4) is 0 Å². The third-order valence-corrected chi connectivity index (χ3v) is 7.26. The number of ether oxygens (including phenoxy) is 1. The molecule has 0 saturated carbocycles. The lowest BCUT2D eigenvalue weighted by Crippen LogP contribution is -2.45. The van der Waals surface area contributed by atoms with Crippen LogP contribution in [0.15, 0.2) is 48.5 Å². The number of carbonyl (C=O) groups is 4. The molecule has 222 valence electrons. The van der Waals surface area contributed by atoms with Gasteiger partial charge in [-0.1, -0.05) is 36.2 Å². The van der Waals surface area contributed by atoms with Crippen LogP contribution in [0.4, 0.5) is 16.2 Å². The summed E-state index contributed by atoms with van der Waals surface area (Å²) >= 11 is 5.95. The van der Waals surface area contributed by atoms with Crippen LogP contribution < -0.4 is 21.3 Å². The van der Waals surface area contributed by atoms with Gasteiger partial charge in [0.25, 0.3) is 0 Å². The molecule has 4 unspecified atom stereocenters. The molecule has 5 N–H and O–H groups in total. The lowest BCUT2D eigenvalue weighted by atomic mass is 9.94. The molecule has 2 aromatic carbocycles. The van der Waals surface area contributed by atoms with Crippen LogP contribution in [0.25, 0.3) is 0 Å². The highest BCUT2D eigenvalue weighted by Gasteiger charge is 2.41. The Morgan fingerprint density at radius 3 is 2.39 bits per heavy atom. The summed E-state index contributed by atoms with van der Waals surface area (Å²) in [5.41, 5.74) is 2.35. The van der Waals surface area contributed by atoms with Crippen LogP contribution in [0.1, 0.15) is 25.3 Å². The summed E-state index contributed by atoms with van der Waals surface area (Å²) in [6, 6.07) is 13.2. The Hall–Kier alpha value is -3.67. The number of hydrogen-bond donors (Lipinski definition) is 5. The average molecular weight is 588 g/mol. The van der Waals surface area contributed by atoms with Gasteiger partial charge >= 0.3 is 6.03 Å². The number of aryl methyl sites for hydroxylation is 1. The maximum absolute atomic E-state index is 13.2. The Bertz CT molecular complexity index is 1100. The molecule has 5 amide bonds. The summed E-state index contributed by atoms with van der Waals surface area (Å²) in [5.74, 6) is -0.187. The van der Waals surface area contributed by atoms with Crippen molar-refractivity contribution in [3.63, 3.8) is 0 Å². The fourth-order valence-electron chi connectivity index (χ4n) is 4.78. The molecule has 0 aliphatic carbocycles. The molecule has 4 atom stereocenters. The normalized spacial score (nSPS) is 21.4. The van der Waals surface area contributed by atoms with E-state index in [0.29, 0.717) is 48.9 Å². The molecule has 2 heterocycles. The van der Waals surface area contributed by atoms with Gasteiger partial charge in [-0.3, -0.25) is 14.4 Å². The van der Waals surface area contributed by atoms with E-state index in [1.54, 1.807) is 24.3 Å². The number of hydrogen-bond acceptors (Lipinski definition) is 6. The second-order valence-electron chi connectivity index (χ2n) is 9.97. The minimum Gasteiger partial charge on any atom is -0.395 e. The smallest absolute Gasteiger partial charge is 0.322 e. The molecule has 12 heteroatoms. The van der Waals surface area contributed by atoms with E-state index in [-0.39, 0.29) is 48.9 Å². The van der Waals surface area contributed by atoms with Crippen LogP contribution in [0, 0.1) is 18.8 Å². The number of rotatable bonds is 10. The summed E-state index contributed by atoms with van der Waals surface area (Å²) in [6.07, 6.45) is 1.36. The first-order chi connectivity index (χ1) is 19.7. The van der Waals surface area contributed by atoms with Crippen LogP contribution in [0.2, 0.25) is 5.02 Å². The minimum absolute atomic E-state index is 0.0126. The lowest BCUT2D eigenvalue weighted by Gasteiger charge is -2.24. The summed E-state index contributed by atoms with van der Waals surface area (Å²) in [6.45, 7) is 5.60. The molecule has 0 aromatic heterocycles. The van der Waals surface area contributed by atoms with Crippen LogP contribution in [-0.2, 0) is 19.1 Å². The lowest BCUT2D eigenvalue weighted by molar-refractivity contribution is -0.123. The topological polar surface area (TPSA) is 149 Å². The molecule has 2 aliphatic rings. The zero-order chi connectivity index (χ0) is 29.8. The monoisotopic (exact) mass is 587 g/mol. The molecule has 2 fully saturated rings. The number of urea groups is 1. The summed E-state index contributed by atoms with van der Waals surface area (Å²) < 4.78 is 6.15. The quantitative estimate of drug-likeness (QED) is 0.213. The number of likely N-dealkylation sites (tertiary alicyclic amines) is 1. The third kappa shape index (κ3) is 9.44. The Morgan fingerprint density at radius 2 is 1.78 bits per heavy atom. The zero-order valence-corrected chi connectivity index (χ0v) is 24.0. The highest BCUT2D eigenvalue weighted by Crippen LogP contribution is 2.27. The number of benzene rings is 2. The standard InChI is InChI=1S/C26H31ClN4O4.C3H7NO2/c1-3-22-17(13-28-24(22)32)15-35-21-12-23(25(33)29-19-8-4-16(2)5-9-19)31(14-21)26(34)30-20-10-6-18(27)7-11-20;5-2-1-4-3-6/h4-11,17,21-23H,3,12-15H2,1-2H3,(H,28,32)(H,29,33)(H,30,34);3,5H,1-2H2,(H,4,6). The number of amides is 5. The van der Waals surface area contributed by atoms with Crippen molar-refractivity contribution < 1.29 is 29.0 Å². The van der Waals surface area contributed by atoms with Crippen molar-refractivity contribution >= 4 is 47.2 Å². The second-order valence-corrected chi connectivity index (χ2v) is 10.4. The predicted octanol–water partition coefficient (Wildman–Crippen LogP) is 2.78. The molecule has 2 aliphatic heterocycles. The van der Waals surface area contributed by atoms with E-state index in [4.69, 9.17) is 21.4 Å². The van der Waals surface area contributed by atoms with Gasteiger partial charge in [-0.2, -0.15) is 0 Å². The molecular formula is C29H38ClN5O6. The minimum atomic E-state index is -0.695. The second kappa shape index (κ2) is 15.9. The fourth-order valence-corrected chi connectivity index (χ4v) is 4.90. The molecule has 4 rings (SSSR count). The van der Waals surface area contributed by atoms with Gasteiger partial charge in [0.1, 0.15) is 6.04 Å². The van der Waals surface area contributed by atoms with Gasteiger partial charge in [0.2, 0.25) is 18.2 Å². The van der Waals surface area contributed by atoms with Crippen LogP contribution in [-0.4, -0.2) is 79.3 Å². The SMILES string of the molecule is CCC1C(=O)NCC1COC1CC(C(=O)Nc2ccc(C)cc2)N(C(=O)Nc2ccc(Cl)cc2)C1.O=CNCCO. The first-order valence-corrected chi connectivity index (χ1v) is 14.0. The number of nitrogens with zero attached hydrogens (tertiary/aromatic N) is 1. The Kier molecular flexibility index (Phi) is 12.4. The molecule has 0 spiro atoms. The predicted molar refractivity (Wildman–Crippen MR) is 157 cm³/mol. The van der Waals surface area contributed by atoms with E-state index in [1.807, 2.05) is 38.1 Å². The molecular weight excluding hydrogens is 550 g/mol. The van der Waals surface area contributed by atoms with Gasteiger partial charge in [0.05, 0.1) is 19.3 Å². The van der Waals surface area contributed by atoms with Gasteiger partial charge in [0.15, 0.2) is 0 Å². The summed E-state index contributed by atoms with van der Waals surface area (Å²) in [4.78, 5) is 49.2. The number of nitrogens with one attached hydrogen (secondary N) is 4. The van der Waals surface area contributed by atoms with E-state index < -0.39 is 6.04 Å². The highest BCUT2D eigenvalue weighted by atomic mass is 35.5. The van der Waals surface area contributed by atoms with Crippen molar-refractivity contribution in [2.45, 2.75) is 38.8 Å². The molecule has 2 saturated heterocycles. The third-order valence-electron chi connectivity index (χ3n) is 7.01. The maximum Gasteiger partial charge on any atom is 0.322 e. The number of carbonyl (C=O) groups excluding carboxylic acids is 4. The molecule has 0 radical (unpaired) electrons. The van der Waals surface area contributed by atoms with E-state index in [0.717, 1.165) is 12.0 Å². The van der Waals surface area contributed by atoms with E-state index in [9.17, 15) is 19.2 Å². The number of aliphatic hydroxyl groups excluding tert-OH is 1. The number of anilines is 2. The Morgan fingerprint density at radius 1 is 1.12 bits per heavy atom. The summed E-state index contributed by atoms with van der Waals surface area (Å²) in [5, 5.41) is 19.5. The first-order valence-electron chi connectivity index (χ1n) is 13.6. The van der Waals surface area contributed by atoms with Crippen molar-refractivity contribution in [2.24, 2.45) is 11.8 Å². The van der Waals surface area contributed by atoms with Gasteiger partial charge < -0.3 is 36.0 Å². The molecule has 0 bridgehead atoms. The molecule has 11 nitrogen and oxygen atoms in total. The summed E-state index contributed by atoms with van der Waals surface area (Å²) in [7, 11) is 0. The zero-order valence-electron chi connectivity index (χ0n) is 23.3. The Labute approximate surface area is 245 Å². The first kappa shape index (κ1) is 31.9. The Balaban J connectivity index is 0.000000696. The van der Waals surface area contributed by atoms with E-state index in [2.05, 4.69) is 21.3 Å².